The number of aromatic nitrogens is 1. The Bertz CT molecular complexity index is 1150. The van der Waals surface area contributed by atoms with E-state index < -0.39 is 15.3 Å². The SMILES string of the molecule is C[C@@H](Sc1nc(-c2ccccc2)cs1)C(=O)Nc1ccc(Cl)c(S(=O)(=O)N(C)C)c1. The van der Waals surface area contributed by atoms with Crippen molar-refractivity contribution in [2.45, 2.75) is 21.4 Å². The molecule has 0 aliphatic rings. The number of nitrogens with zero attached hydrogens (tertiary/aromatic N) is 2. The fourth-order valence-electron chi connectivity index (χ4n) is 2.48. The molecular weight excluding hydrogens is 462 g/mol. The number of thiazole rings is 1. The van der Waals surface area contributed by atoms with Gasteiger partial charge in [0.15, 0.2) is 4.34 Å². The summed E-state index contributed by atoms with van der Waals surface area (Å²) in [6.07, 6.45) is 0. The molecule has 0 radical (unpaired) electrons. The number of amides is 1. The summed E-state index contributed by atoms with van der Waals surface area (Å²) in [5.41, 5.74) is 2.25. The van der Waals surface area contributed by atoms with Gasteiger partial charge in [-0.15, -0.1) is 11.3 Å². The molecule has 0 aliphatic heterocycles. The van der Waals surface area contributed by atoms with Crippen molar-refractivity contribution in [3.63, 3.8) is 0 Å². The summed E-state index contributed by atoms with van der Waals surface area (Å²) in [5.74, 6) is -0.257. The highest BCUT2D eigenvalue weighted by Gasteiger charge is 2.22. The minimum absolute atomic E-state index is 0.0558. The van der Waals surface area contributed by atoms with Crippen molar-refractivity contribution in [2.75, 3.05) is 19.4 Å². The van der Waals surface area contributed by atoms with E-state index in [1.54, 1.807) is 13.0 Å². The second-order valence-corrected chi connectivity index (χ2v) is 11.5. The first kappa shape index (κ1) is 22.8. The van der Waals surface area contributed by atoms with E-state index >= 15 is 0 Å². The molecule has 3 rings (SSSR count). The lowest BCUT2D eigenvalue weighted by Gasteiger charge is -2.15. The molecule has 0 unspecified atom stereocenters. The standard InChI is InChI=1S/C20H20ClN3O3S3/c1-13(29-20-23-17(12-28-20)14-7-5-4-6-8-14)19(25)22-15-9-10-16(21)18(11-15)30(26,27)24(2)3/h4-13H,1-3H3,(H,22,25)/t13-/m1/s1. The van der Waals surface area contributed by atoms with E-state index in [0.29, 0.717) is 5.69 Å². The molecular formula is C20H20ClN3O3S3. The molecule has 0 saturated carbocycles. The Kier molecular flexibility index (Phi) is 7.20. The van der Waals surface area contributed by atoms with Gasteiger partial charge in [0.2, 0.25) is 15.9 Å². The number of carbonyl (C=O) groups is 1. The third-order valence-electron chi connectivity index (χ3n) is 4.16. The molecule has 1 N–H and O–H groups in total. The summed E-state index contributed by atoms with van der Waals surface area (Å²) in [6.45, 7) is 1.77. The number of anilines is 1. The molecule has 0 spiro atoms. The number of sulfonamides is 1. The molecule has 30 heavy (non-hydrogen) atoms. The average Bonchev–Trinajstić information content (AvgIpc) is 3.18. The van der Waals surface area contributed by atoms with Gasteiger partial charge in [0.25, 0.3) is 0 Å². The molecule has 3 aromatic rings. The van der Waals surface area contributed by atoms with Crippen LogP contribution >= 0.6 is 34.7 Å². The maximum absolute atomic E-state index is 12.6. The van der Waals surface area contributed by atoms with Crippen LogP contribution in [-0.2, 0) is 14.8 Å². The minimum Gasteiger partial charge on any atom is -0.325 e. The van der Waals surface area contributed by atoms with Gasteiger partial charge in [-0.05, 0) is 25.1 Å². The summed E-state index contributed by atoms with van der Waals surface area (Å²) in [4.78, 5) is 17.2. The number of hydrogen-bond acceptors (Lipinski definition) is 6. The van der Waals surface area contributed by atoms with Crippen molar-refractivity contribution in [1.82, 2.24) is 9.29 Å². The van der Waals surface area contributed by atoms with Crippen LogP contribution in [0.2, 0.25) is 5.02 Å². The predicted molar refractivity (Wildman–Crippen MR) is 124 cm³/mol. The molecule has 0 fully saturated rings. The summed E-state index contributed by atoms with van der Waals surface area (Å²) in [5, 5.41) is 4.38. The first-order valence-corrected chi connectivity index (χ1v) is 12.5. The van der Waals surface area contributed by atoms with Gasteiger partial charge in [-0.25, -0.2) is 17.7 Å². The maximum Gasteiger partial charge on any atom is 0.244 e. The first-order chi connectivity index (χ1) is 14.2. The zero-order chi connectivity index (χ0) is 21.9. The summed E-state index contributed by atoms with van der Waals surface area (Å²) in [7, 11) is -0.874. The molecule has 0 aliphatic carbocycles. The molecule has 0 saturated heterocycles. The smallest absolute Gasteiger partial charge is 0.244 e. The van der Waals surface area contributed by atoms with Crippen LogP contribution < -0.4 is 5.32 Å². The maximum atomic E-state index is 12.6. The van der Waals surface area contributed by atoms with Crippen LogP contribution in [-0.4, -0.2) is 43.0 Å². The highest BCUT2D eigenvalue weighted by molar-refractivity contribution is 8.02. The van der Waals surface area contributed by atoms with Gasteiger partial charge in [0.05, 0.1) is 16.0 Å². The normalized spacial score (nSPS) is 12.7. The molecule has 1 heterocycles. The second-order valence-electron chi connectivity index (χ2n) is 6.55. The number of carbonyl (C=O) groups excluding carboxylic acids is 1. The Balaban J connectivity index is 1.70. The largest absolute Gasteiger partial charge is 0.325 e. The molecule has 1 amide bonds. The number of halogens is 1. The average molecular weight is 482 g/mol. The van der Waals surface area contributed by atoms with Crippen molar-refractivity contribution >= 4 is 56.3 Å². The van der Waals surface area contributed by atoms with E-state index in [4.69, 9.17) is 11.6 Å². The van der Waals surface area contributed by atoms with Crippen LogP contribution in [0.4, 0.5) is 5.69 Å². The van der Waals surface area contributed by atoms with E-state index in [1.807, 2.05) is 35.7 Å². The van der Waals surface area contributed by atoms with E-state index in [0.717, 1.165) is 19.9 Å². The highest BCUT2D eigenvalue weighted by atomic mass is 35.5. The van der Waals surface area contributed by atoms with E-state index in [-0.39, 0.29) is 15.8 Å². The quantitative estimate of drug-likeness (QED) is 0.489. The minimum atomic E-state index is -3.72. The Labute approximate surface area is 189 Å². The lowest BCUT2D eigenvalue weighted by molar-refractivity contribution is -0.115. The predicted octanol–water partition coefficient (Wildman–Crippen LogP) is 4.83. The number of benzene rings is 2. The molecule has 6 nitrogen and oxygen atoms in total. The lowest BCUT2D eigenvalue weighted by Crippen LogP contribution is -2.24. The van der Waals surface area contributed by atoms with Gasteiger partial charge in [-0.2, -0.15) is 0 Å². The van der Waals surface area contributed by atoms with Crippen molar-refractivity contribution < 1.29 is 13.2 Å². The van der Waals surface area contributed by atoms with Crippen LogP contribution in [0.5, 0.6) is 0 Å². The van der Waals surface area contributed by atoms with Crippen molar-refractivity contribution in [3.8, 4) is 11.3 Å². The van der Waals surface area contributed by atoms with Gasteiger partial charge in [0.1, 0.15) is 4.90 Å². The monoisotopic (exact) mass is 481 g/mol. The molecule has 158 valence electrons. The fourth-order valence-corrected chi connectivity index (χ4v) is 5.84. The van der Waals surface area contributed by atoms with Gasteiger partial charge < -0.3 is 5.32 Å². The highest BCUT2D eigenvalue weighted by Crippen LogP contribution is 2.32. The van der Waals surface area contributed by atoms with Crippen LogP contribution in [0.15, 0.2) is 63.1 Å². The van der Waals surface area contributed by atoms with Crippen molar-refractivity contribution in [1.29, 1.82) is 0 Å². The number of hydrogen-bond donors (Lipinski definition) is 1. The van der Waals surface area contributed by atoms with Crippen molar-refractivity contribution in [3.05, 3.63) is 58.9 Å². The zero-order valence-corrected chi connectivity index (χ0v) is 19.7. The van der Waals surface area contributed by atoms with E-state index in [2.05, 4.69) is 10.3 Å². The fraction of sp³-hybridized carbons (Fsp3) is 0.200. The Hall–Kier alpha value is -1.91. The van der Waals surface area contributed by atoms with E-state index in [1.165, 1.54) is 49.3 Å². The summed E-state index contributed by atoms with van der Waals surface area (Å²) < 4.78 is 26.7. The van der Waals surface area contributed by atoms with Crippen LogP contribution in [0.1, 0.15) is 6.92 Å². The molecule has 0 bridgehead atoms. The topological polar surface area (TPSA) is 79.4 Å². The summed E-state index contributed by atoms with van der Waals surface area (Å²) in [6, 6.07) is 14.2. The van der Waals surface area contributed by atoms with Gasteiger partial charge in [-0.3, -0.25) is 4.79 Å². The van der Waals surface area contributed by atoms with Crippen LogP contribution in [0.3, 0.4) is 0 Å². The van der Waals surface area contributed by atoms with Crippen LogP contribution in [0, 0.1) is 0 Å². The van der Waals surface area contributed by atoms with Gasteiger partial charge in [0, 0.05) is 30.7 Å². The summed E-state index contributed by atoms with van der Waals surface area (Å²) >= 11 is 8.88. The third-order valence-corrected chi connectivity index (χ3v) is 8.53. The van der Waals surface area contributed by atoms with Crippen LogP contribution in [0.25, 0.3) is 11.3 Å². The molecule has 10 heteroatoms. The van der Waals surface area contributed by atoms with E-state index in [9.17, 15) is 13.2 Å². The number of thioether (sulfide) groups is 1. The molecule has 1 atom stereocenters. The van der Waals surface area contributed by atoms with Gasteiger partial charge in [-0.1, -0.05) is 53.7 Å². The Morgan fingerprint density at radius 3 is 2.57 bits per heavy atom. The molecule has 1 aromatic heterocycles. The van der Waals surface area contributed by atoms with Gasteiger partial charge >= 0.3 is 0 Å². The first-order valence-electron chi connectivity index (χ1n) is 8.89. The number of nitrogens with one attached hydrogen (secondary N) is 1. The molecule has 2 aromatic carbocycles. The number of rotatable bonds is 7. The lowest BCUT2D eigenvalue weighted by atomic mass is 10.2. The Morgan fingerprint density at radius 1 is 1.20 bits per heavy atom. The Morgan fingerprint density at radius 2 is 1.90 bits per heavy atom. The van der Waals surface area contributed by atoms with Crippen molar-refractivity contribution in [2.24, 2.45) is 0 Å². The second kappa shape index (κ2) is 9.49. The third kappa shape index (κ3) is 5.22. The zero-order valence-electron chi connectivity index (χ0n) is 16.5.